The molecule has 1 aromatic rings. The first-order valence-electron chi connectivity index (χ1n) is 4.63. The molecule has 76 valence electrons. The van der Waals surface area contributed by atoms with Crippen molar-refractivity contribution in [3.63, 3.8) is 0 Å². The molecule has 1 heterocycles. The summed E-state index contributed by atoms with van der Waals surface area (Å²) in [6.45, 7) is 3.62. The molecule has 0 saturated heterocycles. The predicted octanol–water partition coefficient (Wildman–Crippen LogP) is 1.41. The normalized spacial score (nSPS) is 9.57. The summed E-state index contributed by atoms with van der Waals surface area (Å²) >= 11 is 5.16. The number of hydrogen-bond donors (Lipinski definition) is 1. The van der Waals surface area contributed by atoms with Crippen LogP contribution in [0, 0.1) is 0 Å². The highest BCUT2D eigenvalue weighted by Crippen LogP contribution is 1.98. The molecular weight excluding hydrogens is 194 g/mol. The van der Waals surface area contributed by atoms with Crippen molar-refractivity contribution in [1.29, 1.82) is 0 Å². The fourth-order valence-corrected chi connectivity index (χ4v) is 1.30. The van der Waals surface area contributed by atoms with Gasteiger partial charge in [0.05, 0.1) is 12.2 Å². The molecular formula is C10H15N3S. The molecule has 4 heteroatoms. The maximum Gasteiger partial charge on any atom is 0.169 e. The standard InChI is InChI=1S/C10H15N3S/c1-3-11-10(14)13(2)8-9-6-4-5-7-12-9/h4-7H,3,8H2,1-2H3,(H,11,14). The van der Waals surface area contributed by atoms with Crippen LogP contribution in [-0.4, -0.2) is 28.6 Å². The minimum absolute atomic E-state index is 0.743. The van der Waals surface area contributed by atoms with Crippen molar-refractivity contribution in [2.45, 2.75) is 13.5 Å². The molecule has 0 aliphatic carbocycles. The molecule has 0 aromatic carbocycles. The second kappa shape index (κ2) is 5.54. The highest BCUT2D eigenvalue weighted by molar-refractivity contribution is 7.80. The number of nitrogens with zero attached hydrogens (tertiary/aromatic N) is 2. The second-order valence-electron chi connectivity index (χ2n) is 3.01. The number of thiocarbonyl (C=S) groups is 1. The summed E-state index contributed by atoms with van der Waals surface area (Å²) in [6.07, 6.45) is 1.79. The highest BCUT2D eigenvalue weighted by atomic mass is 32.1. The average molecular weight is 209 g/mol. The Hall–Kier alpha value is -1.16. The van der Waals surface area contributed by atoms with Crippen LogP contribution < -0.4 is 5.32 Å². The minimum atomic E-state index is 0.743. The van der Waals surface area contributed by atoms with E-state index in [4.69, 9.17) is 12.2 Å². The Morgan fingerprint density at radius 1 is 1.57 bits per heavy atom. The molecule has 1 N–H and O–H groups in total. The van der Waals surface area contributed by atoms with Crippen molar-refractivity contribution in [2.75, 3.05) is 13.6 Å². The third-order valence-corrected chi connectivity index (χ3v) is 2.26. The van der Waals surface area contributed by atoms with E-state index in [0.717, 1.165) is 23.9 Å². The van der Waals surface area contributed by atoms with Gasteiger partial charge in [0.15, 0.2) is 5.11 Å². The van der Waals surface area contributed by atoms with Gasteiger partial charge in [0, 0.05) is 19.8 Å². The van der Waals surface area contributed by atoms with Gasteiger partial charge in [-0.15, -0.1) is 0 Å². The van der Waals surface area contributed by atoms with Gasteiger partial charge in [-0.2, -0.15) is 0 Å². The lowest BCUT2D eigenvalue weighted by molar-refractivity contribution is 0.483. The quantitative estimate of drug-likeness (QED) is 0.762. The van der Waals surface area contributed by atoms with Crippen LogP contribution in [0.15, 0.2) is 24.4 Å². The number of pyridine rings is 1. The molecule has 0 atom stereocenters. The largest absolute Gasteiger partial charge is 0.363 e. The molecule has 14 heavy (non-hydrogen) atoms. The minimum Gasteiger partial charge on any atom is -0.363 e. The van der Waals surface area contributed by atoms with Gasteiger partial charge >= 0.3 is 0 Å². The first-order valence-corrected chi connectivity index (χ1v) is 5.03. The van der Waals surface area contributed by atoms with Crippen LogP contribution in [0.5, 0.6) is 0 Å². The Kier molecular flexibility index (Phi) is 4.32. The smallest absolute Gasteiger partial charge is 0.169 e. The van der Waals surface area contributed by atoms with Gasteiger partial charge in [0.1, 0.15) is 0 Å². The van der Waals surface area contributed by atoms with Gasteiger partial charge in [0.2, 0.25) is 0 Å². The van der Waals surface area contributed by atoms with Crippen LogP contribution in [0.25, 0.3) is 0 Å². The molecule has 0 aliphatic rings. The summed E-state index contributed by atoms with van der Waals surface area (Å²) in [5, 5.41) is 3.86. The molecule has 0 fully saturated rings. The number of nitrogens with one attached hydrogen (secondary N) is 1. The molecule has 0 spiro atoms. The van der Waals surface area contributed by atoms with E-state index in [2.05, 4.69) is 10.3 Å². The maximum atomic E-state index is 5.16. The van der Waals surface area contributed by atoms with E-state index >= 15 is 0 Å². The van der Waals surface area contributed by atoms with Crippen molar-refractivity contribution in [3.05, 3.63) is 30.1 Å². The van der Waals surface area contributed by atoms with Crippen molar-refractivity contribution in [1.82, 2.24) is 15.2 Å². The van der Waals surface area contributed by atoms with E-state index in [0.29, 0.717) is 0 Å². The number of aromatic nitrogens is 1. The third kappa shape index (κ3) is 3.30. The Bertz CT molecular complexity index is 287. The molecule has 3 nitrogen and oxygen atoms in total. The van der Waals surface area contributed by atoms with Gasteiger partial charge in [-0.25, -0.2) is 0 Å². The molecule has 1 rings (SSSR count). The Morgan fingerprint density at radius 2 is 2.36 bits per heavy atom. The van der Waals surface area contributed by atoms with Crippen LogP contribution >= 0.6 is 12.2 Å². The van der Waals surface area contributed by atoms with Gasteiger partial charge < -0.3 is 10.2 Å². The van der Waals surface area contributed by atoms with Crippen LogP contribution in [0.1, 0.15) is 12.6 Å². The Morgan fingerprint density at radius 3 is 2.93 bits per heavy atom. The summed E-state index contributed by atoms with van der Waals surface area (Å²) in [5.41, 5.74) is 1.02. The fraction of sp³-hybridized carbons (Fsp3) is 0.400. The van der Waals surface area contributed by atoms with E-state index in [1.54, 1.807) is 6.20 Å². The van der Waals surface area contributed by atoms with E-state index in [-0.39, 0.29) is 0 Å². The molecule has 0 unspecified atom stereocenters. The lowest BCUT2D eigenvalue weighted by Crippen LogP contribution is -2.36. The van der Waals surface area contributed by atoms with Crippen molar-refractivity contribution < 1.29 is 0 Å². The first-order chi connectivity index (χ1) is 6.74. The summed E-state index contributed by atoms with van der Waals surface area (Å²) in [4.78, 5) is 6.21. The molecule has 0 bridgehead atoms. The van der Waals surface area contributed by atoms with Gasteiger partial charge in [0.25, 0.3) is 0 Å². The van der Waals surface area contributed by atoms with Crippen molar-refractivity contribution in [3.8, 4) is 0 Å². The van der Waals surface area contributed by atoms with Gasteiger partial charge in [-0.1, -0.05) is 6.07 Å². The van der Waals surface area contributed by atoms with Crippen LogP contribution in [0.3, 0.4) is 0 Å². The molecule has 0 radical (unpaired) electrons. The molecule has 0 aliphatic heterocycles. The monoisotopic (exact) mass is 209 g/mol. The van der Waals surface area contributed by atoms with Gasteiger partial charge in [-0.3, -0.25) is 4.98 Å². The molecule has 0 saturated carbocycles. The van der Waals surface area contributed by atoms with Crippen molar-refractivity contribution >= 4 is 17.3 Å². The van der Waals surface area contributed by atoms with Gasteiger partial charge in [-0.05, 0) is 31.3 Å². The van der Waals surface area contributed by atoms with E-state index in [1.807, 2.05) is 37.1 Å². The Balaban J connectivity index is 2.49. The topological polar surface area (TPSA) is 28.2 Å². The van der Waals surface area contributed by atoms with Crippen LogP contribution in [0.4, 0.5) is 0 Å². The lowest BCUT2D eigenvalue weighted by Gasteiger charge is -2.19. The predicted molar refractivity (Wildman–Crippen MR) is 62.0 cm³/mol. The molecule has 1 aromatic heterocycles. The average Bonchev–Trinajstić information content (AvgIpc) is 2.19. The zero-order chi connectivity index (χ0) is 10.4. The zero-order valence-electron chi connectivity index (χ0n) is 8.53. The van der Waals surface area contributed by atoms with Crippen LogP contribution in [0.2, 0.25) is 0 Å². The summed E-state index contributed by atoms with van der Waals surface area (Å²) in [5.74, 6) is 0. The number of rotatable bonds is 3. The zero-order valence-corrected chi connectivity index (χ0v) is 9.34. The first kappa shape index (κ1) is 10.9. The molecule has 0 amide bonds. The highest BCUT2D eigenvalue weighted by Gasteiger charge is 2.03. The van der Waals surface area contributed by atoms with E-state index in [9.17, 15) is 0 Å². The SMILES string of the molecule is CCNC(=S)N(C)Cc1ccccn1. The maximum absolute atomic E-state index is 5.16. The summed E-state index contributed by atoms with van der Waals surface area (Å²) in [6, 6.07) is 5.88. The van der Waals surface area contributed by atoms with Crippen molar-refractivity contribution in [2.24, 2.45) is 0 Å². The second-order valence-corrected chi connectivity index (χ2v) is 3.40. The lowest BCUT2D eigenvalue weighted by atomic mass is 10.3. The summed E-state index contributed by atoms with van der Waals surface area (Å²) in [7, 11) is 1.96. The third-order valence-electron chi connectivity index (χ3n) is 1.80. The van der Waals surface area contributed by atoms with Crippen LogP contribution in [-0.2, 0) is 6.54 Å². The fourth-order valence-electron chi connectivity index (χ4n) is 1.09. The van der Waals surface area contributed by atoms with E-state index in [1.165, 1.54) is 0 Å². The van der Waals surface area contributed by atoms with E-state index < -0.39 is 0 Å². The Labute approximate surface area is 90.1 Å². The summed E-state index contributed by atoms with van der Waals surface area (Å²) < 4.78 is 0. The number of hydrogen-bond acceptors (Lipinski definition) is 2.